The van der Waals surface area contributed by atoms with Gasteiger partial charge in [-0.15, -0.1) is 19.8 Å². The number of phenols is 1. The minimum Gasteiger partial charge on any atom is -0.504 e. The number of likely N-dealkylation sites (tertiary alicyclic amines) is 1. The van der Waals surface area contributed by atoms with Crippen LogP contribution in [-0.2, 0) is 16.6 Å². The third-order valence-electron chi connectivity index (χ3n) is 9.12. The first-order valence-electron chi connectivity index (χ1n) is 13.3. The van der Waals surface area contributed by atoms with Crippen molar-refractivity contribution < 1.29 is 32.5 Å². The Hall–Kier alpha value is -3.46. The van der Waals surface area contributed by atoms with E-state index in [1.165, 1.54) is 35.9 Å². The van der Waals surface area contributed by atoms with Crippen molar-refractivity contribution in [3.63, 3.8) is 0 Å². The number of benzene rings is 2. The summed E-state index contributed by atoms with van der Waals surface area (Å²) in [6.07, 6.45) is 3.19. The third kappa shape index (κ3) is 4.18. The number of amides is 1. The first-order valence-corrected chi connectivity index (χ1v) is 13.3. The molecule has 2 aliphatic heterocycles. The van der Waals surface area contributed by atoms with Crippen molar-refractivity contribution in [3.8, 4) is 17.2 Å². The lowest BCUT2D eigenvalue weighted by molar-refractivity contribution is -0.274. The van der Waals surface area contributed by atoms with Gasteiger partial charge in [-0.05, 0) is 73.5 Å². The molecule has 1 amide bonds. The van der Waals surface area contributed by atoms with Crippen molar-refractivity contribution in [2.75, 3.05) is 20.1 Å². The SMILES string of the molecule is C=CCN1CC[C@]23c4c5ccc(O)c4OC2C(N(C)C(=O)/C=C/c2cccc(OC(F)(F)F)c2)CC[C@H]3[C@H]1C5. The van der Waals surface area contributed by atoms with Gasteiger partial charge in [-0.2, -0.15) is 0 Å². The number of hydrogen-bond acceptors (Lipinski definition) is 5. The highest BCUT2D eigenvalue weighted by atomic mass is 19.4. The standard InChI is InChI=1S/C30H31F3N2O4/c1-3-14-35-15-13-29-21-9-10-22(28(29)38-27-24(36)11-8-19(26(27)29)17-23(21)35)34(2)25(37)12-7-18-5-4-6-20(16-18)39-30(31,32)33/h3-8,11-12,16,21-23,28,36H,1,9-10,13-15,17H2,2H3/b12-7+/t21-,22?,23+,28?,29-/m0/s1. The van der Waals surface area contributed by atoms with E-state index in [1.807, 2.05) is 12.1 Å². The topological polar surface area (TPSA) is 62.2 Å². The highest BCUT2D eigenvalue weighted by molar-refractivity contribution is 5.92. The Morgan fingerprint density at radius 3 is 2.90 bits per heavy atom. The van der Waals surface area contributed by atoms with Crippen LogP contribution in [0.2, 0.25) is 0 Å². The van der Waals surface area contributed by atoms with Gasteiger partial charge in [-0.1, -0.05) is 24.3 Å². The summed E-state index contributed by atoms with van der Waals surface area (Å²) in [6, 6.07) is 9.36. The summed E-state index contributed by atoms with van der Waals surface area (Å²) >= 11 is 0. The van der Waals surface area contributed by atoms with Crippen molar-refractivity contribution in [1.29, 1.82) is 0 Å². The number of rotatable bonds is 6. The number of hydrogen-bond donors (Lipinski definition) is 1. The Balaban J connectivity index is 1.28. The molecule has 1 N–H and O–H groups in total. The number of piperidine rings is 1. The molecular weight excluding hydrogens is 509 g/mol. The van der Waals surface area contributed by atoms with E-state index in [0.717, 1.165) is 44.3 Å². The zero-order chi connectivity index (χ0) is 27.5. The lowest BCUT2D eigenvalue weighted by Gasteiger charge is -2.60. The summed E-state index contributed by atoms with van der Waals surface area (Å²) in [7, 11) is 1.75. The minimum atomic E-state index is -4.79. The molecule has 2 aromatic carbocycles. The van der Waals surface area contributed by atoms with Crippen LogP contribution < -0.4 is 9.47 Å². The van der Waals surface area contributed by atoms with Crippen molar-refractivity contribution in [3.05, 3.63) is 71.8 Å². The normalized spacial score (nSPS) is 29.0. The van der Waals surface area contributed by atoms with Crippen LogP contribution >= 0.6 is 0 Å². The molecule has 2 fully saturated rings. The van der Waals surface area contributed by atoms with Crippen molar-refractivity contribution >= 4 is 12.0 Å². The van der Waals surface area contributed by atoms with Crippen molar-refractivity contribution in [2.24, 2.45) is 5.92 Å². The van der Waals surface area contributed by atoms with Gasteiger partial charge in [-0.3, -0.25) is 9.69 Å². The van der Waals surface area contributed by atoms with Crippen LogP contribution in [0.25, 0.3) is 6.08 Å². The third-order valence-corrected chi connectivity index (χ3v) is 9.12. The fourth-order valence-corrected chi connectivity index (χ4v) is 7.65. The molecule has 6 nitrogen and oxygen atoms in total. The highest BCUT2D eigenvalue weighted by Crippen LogP contribution is 2.64. The quantitative estimate of drug-likeness (QED) is 0.410. The van der Waals surface area contributed by atoms with Gasteiger partial charge >= 0.3 is 6.36 Å². The van der Waals surface area contributed by atoms with E-state index in [0.29, 0.717) is 23.3 Å². The number of likely N-dealkylation sites (N-methyl/N-ethyl adjacent to an activating group) is 1. The van der Waals surface area contributed by atoms with Crippen molar-refractivity contribution in [1.82, 2.24) is 9.80 Å². The molecule has 6 rings (SSSR count). The average molecular weight is 541 g/mol. The van der Waals surface area contributed by atoms with E-state index in [2.05, 4.69) is 16.2 Å². The molecule has 0 aromatic heterocycles. The summed E-state index contributed by atoms with van der Waals surface area (Å²) in [6.45, 7) is 5.67. The smallest absolute Gasteiger partial charge is 0.504 e. The number of aromatic hydroxyl groups is 1. The van der Waals surface area contributed by atoms with Crippen LogP contribution in [0.5, 0.6) is 17.2 Å². The second-order valence-electron chi connectivity index (χ2n) is 11.0. The molecule has 1 spiro atoms. The number of phenolic OH excluding ortho intramolecular Hbond substituents is 1. The Morgan fingerprint density at radius 1 is 1.31 bits per heavy atom. The zero-order valence-corrected chi connectivity index (χ0v) is 21.7. The monoisotopic (exact) mass is 540 g/mol. The molecule has 2 heterocycles. The highest BCUT2D eigenvalue weighted by Gasteiger charge is 2.66. The van der Waals surface area contributed by atoms with Crippen LogP contribution in [0.1, 0.15) is 36.0 Å². The first-order chi connectivity index (χ1) is 18.6. The Kier molecular flexibility index (Phi) is 6.17. The van der Waals surface area contributed by atoms with Gasteiger partial charge in [0.25, 0.3) is 0 Å². The molecule has 5 atom stereocenters. The molecule has 2 unspecified atom stereocenters. The fraction of sp³-hybridized carbons (Fsp3) is 0.433. The van der Waals surface area contributed by atoms with Gasteiger partial charge in [0.1, 0.15) is 11.9 Å². The number of carbonyl (C=O) groups is 1. The minimum absolute atomic E-state index is 0.136. The summed E-state index contributed by atoms with van der Waals surface area (Å²) in [5.74, 6) is 0.431. The largest absolute Gasteiger partial charge is 0.573 e. The zero-order valence-electron chi connectivity index (χ0n) is 21.7. The number of nitrogens with zero attached hydrogens (tertiary/aromatic N) is 2. The van der Waals surface area contributed by atoms with E-state index in [9.17, 15) is 23.1 Å². The average Bonchev–Trinajstić information content (AvgIpc) is 3.24. The number of ether oxygens (including phenoxy) is 2. The first kappa shape index (κ1) is 25.8. The Labute approximate surface area is 225 Å². The van der Waals surface area contributed by atoms with E-state index < -0.39 is 6.36 Å². The Bertz CT molecular complexity index is 1340. The second-order valence-corrected chi connectivity index (χ2v) is 11.0. The molecule has 39 heavy (non-hydrogen) atoms. The molecule has 2 bridgehead atoms. The molecule has 1 saturated carbocycles. The summed E-state index contributed by atoms with van der Waals surface area (Å²) in [5, 5.41) is 10.8. The lowest BCUT2D eigenvalue weighted by atomic mass is 9.51. The van der Waals surface area contributed by atoms with Crippen LogP contribution in [0.3, 0.4) is 0 Å². The second kappa shape index (κ2) is 9.33. The number of carbonyl (C=O) groups excluding carboxylic acids is 1. The predicted octanol–water partition coefficient (Wildman–Crippen LogP) is 5.06. The molecule has 2 aliphatic carbocycles. The maximum absolute atomic E-state index is 13.3. The summed E-state index contributed by atoms with van der Waals surface area (Å²) in [5.41, 5.74) is 2.46. The van der Waals surface area contributed by atoms with Crippen molar-refractivity contribution in [2.45, 2.75) is 55.6 Å². The molecule has 0 radical (unpaired) electrons. The van der Waals surface area contributed by atoms with Gasteiger partial charge in [0.2, 0.25) is 5.91 Å². The van der Waals surface area contributed by atoms with Crippen LogP contribution in [0.15, 0.2) is 55.1 Å². The molecule has 206 valence electrons. The predicted molar refractivity (Wildman–Crippen MR) is 140 cm³/mol. The van der Waals surface area contributed by atoms with Crippen LogP contribution in [0.4, 0.5) is 13.2 Å². The maximum Gasteiger partial charge on any atom is 0.573 e. The molecule has 9 heteroatoms. The van der Waals surface area contributed by atoms with E-state index in [-0.39, 0.29) is 35.0 Å². The number of halogens is 3. The molecule has 4 aliphatic rings. The van der Waals surface area contributed by atoms with E-state index >= 15 is 0 Å². The van der Waals surface area contributed by atoms with Crippen LogP contribution in [0, 0.1) is 5.92 Å². The lowest BCUT2D eigenvalue weighted by Crippen LogP contribution is -2.68. The Morgan fingerprint density at radius 2 is 2.13 bits per heavy atom. The maximum atomic E-state index is 13.3. The van der Waals surface area contributed by atoms with Gasteiger partial charge in [0.05, 0.1) is 6.04 Å². The van der Waals surface area contributed by atoms with E-state index in [4.69, 9.17) is 4.74 Å². The van der Waals surface area contributed by atoms with Gasteiger partial charge in [-0.25, -0.2) is 0 Å². The van der Waals surface area contributed by atoms with Gasteiger partial charge in [0, 0.05) is 36.7 Å². The molecule has 2 aromatic rings. The van der Waals surface area contributed by atoms with Crippen LogP contribution in [-0.4, -0.2) is 65.5 Å². The van der Waals surface area contributed by atoms with Gasteiger partial charge in [0.15, 0.2) is 11.5 Å². The van der Waals surface area contributed by atoms with Gasteiger partial charge < -0.3 is 19.5 Å². The summed E-state index contributed by atoms with van der Waals surface area (Å²) < 4.78 is 48.4. The number of alkyl halides is 3. The summed E-state index contributed by atoms with van der Waals surface area (Å²) in [4.78, 5) is 17.5. The molecular formula is C30H31F3N2O4. The molecule has 1 saturated heterocycles. The van der Waals surface area contributed by atoms with E-state index in [1.54, 1.807) is 24.1 Å². The fourth-order valence-electron chi connectivity index (χ4n) is 7.65.